The van der Waals surface area contributed by atoms with Crippen molar-refractivity contribution in [1.29, 1.82) is 0 Å². The minimum Gasteiger partial charge on any atom is -0.493 e. The fraction of sp³-hybridized carbons (Fsp3) is 0.500. The Balaban J connectivity index is 2.83. The maximum Gasteiger partial charge on any atom is 0.276 e. The lowest BCUT2D eigenvalue weighted by Gasteiger charge is -2.13. The standard InChI is InChI=1S/C14H21N3O6/c1-21-8-10(15)14(18)16-5-4-9-6-12(22-2)13(23-3)7-11(9)17(19)20/h6-7,10H,4-5,8,15H2,1-3H3,(H,16,18). The van der Waals surface area contributed by atoms with Crippen LogP contribution in [0.1, 0.15) is 5.56 Å². The molecule has 1 rings (SSSR count). The van der Waals surface area contributed by atoms with Crippen LogP contribution in [0.2, 0.25) is 0 Å². The van der Waals surface area contributed by atoms with E-state index in [-0.39, 0.29) is 36.9 Å². The summed E-state index contributed by atoms with van der Waals surface area (Å²) in [6, 6.07) is 2.05. The van der Waals surface area contributed by atoms with Gasteiger partial charge in [-0.1, -0.05) is 0 Å². The van der Waals surface area contributed by atoms with Crippen LogP contribution in [0.25, 0.3) is 0 Å². The number of nitro groups is 1. The molecule has 0 fully saturated rings. The summed E-state index contributed by atoms with van der Waals surface area (Å²) in [4.78, 5) is 22.3. The molecule has 3 N–H and O–H groups in total. The summed E-state index contributed by atoms with van der Waals surface area (Å²) in [7, 11) is 4.29. The summed E-state index contributed by atoms with van der Waals surface area (Å²) in [5, 5.41) is 13.8. The van der Waals surface area contributed by atoms with Crippen molar-refractivity contribution >= 4 is 11.6 Å². The molecule has 0 radical (unpaired) electrons. The minimum absolute atomic E-state index is 0.0990. The molecule has 0 heterocycles. The number of hydrogen-bond acceptors (Lipinski definition) is 7. The number of hydrogen-bond donors (Lipinski definition) is 2. The van der Waals surface area contributed by atoms with Gasteiger partial charge < -0.3 is 25.3 Å². The van der Waals surface area contributed by atoms with Crippen LogP contribution in [0.15, 0.2) is 12.1 Å². The number of nitrogens with two attached hydrogens (primary N) is 1. The second-order valence-electron chi connectivity index (χ2n) is 4.70. The minimum atomic E-state index is -0.777. The molecular weight excluding hydrogens is 306 g/mol. The summed E-state index contributed by atoms with van der Waals surface area (Å²) < 4.78 is 15.0. The zero-order chi connectivity index (χ0) is 17.4. The van der Waals surface area contributed by atoms with Crippen molar-refractivity contribution in [2.24, 2.45) is 5.73 Å². The van der Waals surface area contributed by atoms with Crippen molar-refractivity contribution < 1.29 is 23.9 Å². The van der Waals surface area contributed by atoms with Crippen LogP contribution in [0.3, 0.4) is 0 Å². The molecule has 0 aromatic heterocycles. The van der Waals surface area contributed by atoms with Crippen molar-refractivity contribution in [3.63, 3.8) is 0 Å². The molecule has 9 heteroatoms. The molecule has 1 unspecified atom stereocenters. The Hall–Kier alpha value is -2.39. The van der Waals surface area contributed by atoms with Gasteiger partial charge in [-0.05, 0) is 12.5 Å². The van der Waals surface area contributed by atoms with Gasteiger partial charge in [0.25, 0.3) is 5.69 Å². The second-order valence-corrected chi connectivity index (χ2v) is 4.70. The van der Waals surface area contributed by atoms with E-state index in [1.54, 1.807) is 0 Å². The number of carbonyl (C=O) groups excluding carboxylic acids is 1. The number of nitro benzene ring substituents is 1. The van der Waals surface area contributed by atoms with E-state index in [9.17, 15) is 14.9 Å². The van der Waals surface area contributed by atoms with Gasteiger partial charge in [0, 0.05) is 19.2 Å². The monoisotopic (exact) mass is 327 g/mol. The van der Waals surface area contributed by atoms with Crippen LogP contribution in [0.5, 0.6) is 11.5 Å². The normalized spacial score (nSPS) is 11.7. The predicted molar refractivity (Wildman–Crippen MR) is 82.8 cm³/mol. The average molecular weight is 327 g/mol. The lowest BCUT2D eigenvalue weighted by atomic mass is 10.1. The van der Waals surface area contributed by atoms with Crippen molar-refractivity contribution in [3.05, 3.63) is 27.8 Å². The topological polar surface area (TPSA) is 126 Å². The molecule has 0 saturated heterocycles. The van der Waals surface area contributed by atoms with Crippen molar-refractivity contribution in [3.8, 4) is 11.5 Å². The molecule has 9 nitrogen and oxygen atoms in total. The Labute approximate surface area is 133 Å². The molecule has 0 aliphatic carbocycles. The van der Waals surface area contributed by atoms with E-state index in [4.69, 9.17) is 19.9 Å². The summed E-state index contributed by atoms with van der Waals surface area (Å²) in [6.07, 6.45) is 0.252. The molecule has 23 heavy (non-hydrogen) atoms. The number of nitrogens with zero attached hydrogens (tertiary/aromatic N) is 1. The highest BCUT2D eigenvalue weighted by Gasteiger charge is 2.20. The molecular formula is C14H21N3O6. The molecule has 1 amide bonds. The Kier molecular flexibility index (Phi) is 7.23. The third kappa shape index (κ3) is 5.08. The maximum atomic E-state index is 11.7. The first-order valence-electron chi connectivity index (χ1n) is 6.86. The van der Waals surface area contributed by atoms with Gasteiger partial charge in [-0.2, -0.15) is 0 Å². The quantitative estimate of drug-likeness (QED) is 0.491. The fourth-order valence-electron chi connectivity index (χ4n) is 1.99. The average Bonchev–Trinajstić information content (AvgIpc) is 2.53. The number of rotatable bonds is 9. The van der Waals surface area contributed by atoms with E-state index in [1.807, 2.05) is 0 Å². The number of methoxy groups -OCH3 is 3. The SMILES string of the molecule is COCC(N)C(=O)NCCc1cc(OC)c(OC)cc1[N+](=O)[O-]. The van der Waals surface area contributed by atoms with Gasteiger partial charge in [-0.15, -0.1) is 0 Å². The lowest BCUT2D eigenvalue weighted by molar-refractivity contribution is -0.385. The Morgan fingerprint density at radius 1 is 1.30 bits per heavy atom. The third-order valence-corrected chi connectivity index (χ3v) is 3.16. The van der Waals surface area contributed by atoms with E-state index in [1.165, 1.54) is 33.5 Å². The molecule has 1 aromatic carbocycles. The molecule has 0 bridgehead atoms. The van der Waals surface area contributed by atoms with Crippen LogP contribution in [-0.4, -0.2) is 51.4 Å². The number of amides is 1. The molecule has 0 saturated carbocycles. The zero-order valence-electron chi connectivity index (χ0n) is 13.3. The highest BCUT2D eigenvalue weighted by molar-refractivity contribution is 5.81. The van der Waals surface area contributed by atoms with Gasteiger partial charge in [0.15, 0.2) is 11.5 Å². The van der Waals surface area contributed by atoms with Gasteiger partial charge in [0.05, 0.1) is 31.8 Å². The Morgan fingerprint density at radius 2 is 1.91 bits per heavy atom. The number of ether oxygens (including phenoxy) is 3. The van der Waals surface area contributed by atoms with E-state index >= 15 is 0 Å². The van der Waals surface area contributed by atoms with Crippen LogP contribution in [0.4, 0.5) is 5.69 Å². The number of nitrogens with one attached hydrogen (secondary N) is 1. The summed E-state index contributed by atoms with van der Waals surface area (Å²) in [5.74, 6) is 0.277. The predicted octanol–water partition coefficient (Wildman–Crippen LogP) is 0.244. The molecule has 1 atom stereocenters. The van der Waals surface area contributed by atoms with Gasteiger partial charge in [-0.25, -0.2) is 0 Å². The van der Waals surface area contributed by atoms with E-state index in [0.29, 0.717) is 11.3 Å². The maximum absolute atomic E-state index is 11.7. The first-order valence-corrected chi connectivity index (χ1v) is 6.86. The van der Waals surface area contributed by atoms with Crippen LogP contribution in [0, 0.1) is 10.1 Å². The van der Waals surface area contributed by atoms with Gasteiger partial charge in [0.2, 0.25) is 5.91 Å². The fourth-order valence-corrected chi connectivity index (χ4v) is 1.99. The van der Waals surface area contributed by atoms with Crippen molar-refractivity contribution in [2.75, 3.05) is 34.5 Å². The van der Waals surface area contributed by atoms with E-state index in [0.717, 1.165) is 0 Å². The second kappa shape index (κ2) is 8.91. The Bertz CT molecular complexity index is 564. The largest absolute Gasteiger partial charge is 0.493 e. The van der Waals surface area contributed by atoms with Crippen molar-refractivity contribution in [2.45, 2.75) is 12.5 Å². The summed E-state index contributed by atoms with van der Waals surface area (Å²) in [6.45, 7) is 0.301. The molecule has 128 valence electrons. The van der Waals surface area contributed by atoms with E-state index < -0.39 is 11.0 Å². The third-order valence-electron chi connectivity index (χ3n) is 3.16. The molecule has 0 aliphatic rings. The summed E-state index contributed by atoms with van der Waals surface area (Å²) in [5.41, 5.74) is 5.91. The smallest absolute Gasteiger partial charge is 0.276 e. The van der Waals surface area contributed by atoms with Gasteiger partial charge in [0.1, 0.15) is 6.04 Å². The lowest BCUT2D eigenvalue weighted by Crippen LogP contribution is -2.44. The first-order chi connectivity index (χ1) is 10.9. The van der Waals surface area contributed by atoms with Crippen LogP contribution < -0.4 is 20.5 Å². The van der Waals surface area contributed by atoms with Gasteiger partial charge in [-0.3, -0.25) is 14.9 Å². The van der Waals surface area contributed by atoms with Crippen LogP contribution >= 0.6 is 0 Å². The number of carbonyl (C=O) groups is 1. The molecule has 0 aliphatic heterocycles. The Morgan fingerprint density at radius 3 is 2.43 bits per heavy atom. The van der Waals surface area contributed by atoms with E-state index in [2.05, 4.69) is 5.32 Å². The molecule has 1 aromatic rings. The summed E-state index contributed by atoms with van der Waals surface area (Å²) >= 11 is 0. The molecule has 0 spiro atoms. The highest BCUT2D eigenvalue weighted by atomic mass is 16.6. The van der Waals surface area contributed by atoms with Gasteiger partial charge >= 0.3 is 0 Å². The van der Waals surface area contributed by atoms with Crippen LogP contribution in [-0.2, 0) is 16.0 Å². The first kappa shape index (κ1) is 18.7. The number of benzene rings is 1. The highest BCUT2D eigenvalue weighted by Crippen LogP contribution is 2.34. The van der Waals surface area contributed by atoms with Crippen molar-refractivity contribution in [1.82, 2.24) is 5.32 Å². The zero-order valence-corrected chi connectivity index (χ0v) is 13.3.